The van der Waals surface area contributed by atoms with Crippen LogP contribution in [0.1, 0.15) is 53.0 Å². The van der Waals surface area contributed by atoms with Gasteiger partial charge in [0.2, 0.25) is 0 Å². The Morgan fingerprint density at radius 2 is 1.88 bits per heavy atom. The van der Waals surface area contributed by atoms with Crippen molar-refractivity contribution >= 4 is 12.2 Å². The number of hydrogen-bond donors (Lipinski definition) is 1. The van der Waals surface area contributed by atoms with Gasteiger partial charge in [-0.05, 0) is 53.0 Å². The lowest BCUT2D eigenvalue weighted by Crippen LogP contribution is -2.58. The summed E-state index contributed by atoms with van der Waals surface area (Å²) in [5.41, 5.74) is 0.0748. The highest BCUT2D eigenvalue weighted by Gasteiger charge is 2.39. The number of piperidine rings is 1. The van der Waals surface area contributed by atoms with E-state index in [-0.39, 0.29) is 24.3 Å². The van der Waals surface area contributed by atoms with Gasteiger partial charge in [-0.2, -0.15) is 0 Å². The fourth-order valence-electron chi connectivity index (χ4n) is 2.93. The van der Waals surface area contributed by atoms with Gasteiger partial charge in [0.05, 0.1) is 6.04 Å². The maximum Gasteiger partial charge on any atom is 0.410 e. The molecule has 2 rings (SSSR count). The Labute approximate surface area is 155 Å². The van der Waals surface area contributed by atoms with Gasteiger partial charge in [0.25, 0.3) is 0 Å². The van der Waals surface area contributed by atoms with Crippen LogP contribution in [0.15, 0.2) is 30.3 Å². The molecule has 0 radical (unpaired) electrons. The van der Waals surface area contributed by atoms with E-state index in [9.17, 15) is 9.59 Å². The van der Waals surface area contributed by atoms with Crippen molar-refractivity contribution in [2.45, 2.75) is 71.2 Å². The van der Waals surface area contributed by atoms with E-state index >= 15 is 0 Å². The largest absolute Gasteiger partial charge is 0.445 e. The molecule has 0 aliphatic carbocycles. The average molecular weight is 362 g/mol. The fourth-order valence-corrected chi connectivity index (χ4v) is 2.93. The summed E-state index contributed by atoms with van der Waals surface area (Å²) in [6.45, 7) is 10.1. The normalized spacial score (nSPS) is 19.6. The topological polar surface area (TPSA) is 67.9 Å². The lowest BCUT2D eigenvalue weighted by atomic mass is 9.88. The Balaban J connectivity index is 1.94. The van der Waals surface area contributed by atoms with Crippen LogP contribution >= 0.6 is 0 Å². The summed E-state index contributed by atoms with van der Waals surface area (Å²) >= 11 is 0. The first-order chi connectivity index (χ1) is 12.1. The lowest BCUT2D eigenvalue weighted by Gasteiger charge is -2.44. The van der Waals surface area contributed by atoms with Crippen LogP contribution in [-0.4, -0.2) is 40.8 Å². The number of nitrogens with zero attached hydrogens (tertiary/aromatic N) is 1. The summed E-state index contributed by atoms with van der Waals surface area (Å²) in [5, 5.41) is 2.86. The van der Waals surface area contributed by atoms with Crippen LogP contribution in [0.2, 0.25) is 0 Å². The number of nitrogens with one attached hydrogen (secondary N) is 1. The van der Waals surface area contributed by atoms with Crippen LogP contribution in [0.4, 0.5) is 9.59 Å². The van der Waals surface area contributed by atoms with E-state index in [0.717, 1.165) is 18.4 Å². The Bertz CT molecular complexity index is 622. The van der Waals surface area contributed by atoms with Gasteiger partial charge in [-0.3, -0.25) is 0 Å². The van der Waals surface area contributed by atoms with E-state index in [4.69, 9.17) is 9.47 Å². The highest BCUT2D eigenvalue weighted by Crippen LogP contribution is 2.28. The molecule has 26 heavy (non-hydrogen) atoms. The third-order valence-corrected chi connectivity index (χ3v) is 4.38. The Kier molecular flexibility index (Phi) is 6.16. The maximum absolute atomic E-state index is 12.6. The van der Waals surface area contributed by atoms with Crippen molar-refractivity contribution < 1.29 is 19.1 Å². The summed E-state index contributed by atoms with van der Waals surface area (Å²) in [6, 6.07) is 9.43. The molecule has 0 aromatic heterocycles. The number of carbonyl (C=O) groups excluding carboxylic acids is 2. The van der Waals surface area contributed by atoms with Crippen molar-refractivity contribution in [2.75, 3.05) is 6.54 Å². The Morgan fingerprint density at radius 1 is 1.23 bits per heavy atom. The molecule has 1 atom stereocenters. The molecule has 1 N–H and O–H groups in total. The van der Waals surface area contributed by atoms with Gasteiger partial charge in [0.15, 0.2) is 0 Å². The van der Waals surface area contributed by atoms with Gasteiger partial charge in [0.1, 0.15) is 12.2 Å². The number of alkyl carbamates (subject to hydrolysis) is 1. The zero-order chi connectivity index (χ0) is 19.4. The van der Waals surface area contributed by atoms with Crippen molar-refractivity contribution in [3.05, 3.63) is 35.9 Å². The first-order valence-corrected chi connectivity index (χ1v) is 9.05. The zero-order valence-corrected chi connectivity index (χ0v) is 16.4. The number of carbonyl (C=O) groups is 2. The van der Waals surface area contributed by atoms with Crippen molar-refractivity contribution in [1.29, 1.82) is 0 Å². The highest BCUT2D eigenvalue weighted by atomic mass is 16.6. The van der Waals surface area contributed by atoms with Crippen LogP contribution < -0.4 is 5.32 Å². The van der Waals surface area contributed by atoms with Crippen LogP contribution in [0.5, 0.6) is 0 Å². The van der Waals surface area contributed by atoms with Gasteiger partial charge >= 0.3 is 12.2 Å². The first-order valence-electron chi connectivity index (χ1n) is 9.05. The highest BCUT2D eigenvalue weighted by molar-refractivity contribution is 5.70. The van der Waals surface area contributed by atoms with Crippen LogP contribution in [0.25, 0.3) is 0 Å². The average Bonchev–Trinajstić information content (AvgIpc) is 2.53. The molecule has 0 saturated carbocycles. The van der Waals surface area contributed by atoms with Gasteiger partial charge in [-0.15, -0.1) is 0 Å². The van der Waals surface area contributed by atoms with E-state index in [2.05, 4.69) is 5.32 Å². The molecule has 1 saturated heterocycles. The second-order valence-corrected chi connectivity index (χ2v) is 8.35. The van der Waals surface area contributed by atoms with Crippen molar-refractivity contribution in [3.8, 4) is 0 Å². The molecule has 6 heteroatoms. The monoisotopic (exact) mass is 362 g/mol. The molecular weight excluding hydrogens is 332 g/mol. The molecule has 1 aromatic rings. The number of hydrogen-bond acceptors (Lipinski definition) is 4. The number of likely N-dealkylation sites (tertiary alicyclic amines) is 1. The quantitative estimate of drug-likeness (QED) is 0.879. The smallest absolute Gasteiger partial charge is 0.410 e. The Morgan fingerprint density at radius 3 is 2.50 bits per heavy atom. The molecule has 1 heterocycles. The van der Waals surface area contributed by atoms with Crippen LogP contribution in [0.3, 0.4) is 0 Å². The zero-order valence-electron chi connectivity index (χ0n) is 16.4. The molecule has 144 valence electrons. The molecule has 0 bridgehead atoms. The minimum atomic E-state index is -0.549. The van der Waals surface area contributed by atoms with E-state index in [1.807, 2.05) is 65.0 Å². The predicted octanol–water partition coefficient (Wildman–Crippen LogP) is 4.09. The molecule has 1 fully saturated rings. The summed E-state index contributed by atoms with van der Waals surface area (Å²) < 4.78 is 10.8. The lowest BCUT2D eigenvalue weighted by molar-refractivity contribution is 0.0210. The number of ether oxygens (including phenoxy) is 2. The van der Waals surface area contributed by atoms with Gasteiger partial charge in [0, 0.05) is 12.1 Å². The molecule has 1 aliphatic rings. The first kappa shape index (κ1) is 20.1. The predicted molar refractivity (Wildman–Crippen MR) is 99.8 cm³/mol. The number of benzene rings is 1. The second kappa shape index (κ2) is 7.98. The summed E-state index contributed by atoms with van der Waals surface area (Å²) in [7, 11) is 0. The van der Waals surface area contributed by atoms with Crippen LogP contribution in [-0.2, 0) is 16.1 Å². The van der Waals surface area contributed by atoms with Crippen LogP contribution in [0, 0.1) is 0 Å². The number of amides is 2. The van der Waals surface area contributed by atoms with E-state index in [1.54, 1.807) is 4.90 Å². The van der Waals surface area contributed by atoms with Crippen molar-refractivity contribution in [2.24, 2.45) is 0 Å². The van der Waals surface area contributed by atoms with Crippen molar-refractivity contribution in [3.63, 3.8) is 0 Å². The minimum Gasteiger partial charge on any atom is -0.445 e. The summed E-state index contributed by atoms with van der Waals surface area (Å²) in [6.07, 6.45) is 0.733. The molecule has 0 spiro atoms. The molecule has 1 aliphatic heterocycles. The van der Waals surface area contributed by atoms with E-state index < -0.39 is 11.7 Å². The van der Waals surface area contributed by atoms with E-state index in [0.29, 0.717) is 6.54 Å². The standard InChI is InChI=1S/C20H30N2O4/c1-19(2,3)26-17(23)21-16-11-12-20(4,5)22(13-16)18(24)25-14-15-9-7-6-8-10-15/h6-10,16H,11-14H2,1-5H3,(H,21,23)/t16-/m0/s1. The number of rotatable bonds is 3. The van der Waals surface area contributed by atoms with E-state index in [1.165, 1.54) is 0 Å². The molecule has 2 amide bonds. The van der Waals surface area contributed by atoms with Gasteiger partial charge in [-0.1, -0.05) is 30.3 Å². The molecule has 1 aromatic carbocycles. The van der Waals surface area contributed by atoms with Gasteiger partial charge < -0.3 is 19.7 Å². The summed E-state index contributed by atoms with van der Waals surface area (Å²) in [5.74, 6) is 0. The summed E-state index contributed by atoms with van der Waals surface area (Å²) in [4.78, 5) is 26.3. The fraction of sp³-hybridized carbons (Fsp3) is 0.600. The third-order valence-electron chi connectivity index (χ3n) is 4.38. The second-order valence-electron chi connectivity index (χ2n) is 8.35. The molecular formula is C20H30N2O4. The third kappa shape index (κ3) is 5.93. The Hall–Kier alpha value is -2.24. The minimum absolute atomic E-state index is 0.151. The van der Waals surface area contributed by atoms with Crippen molar-refractivity contribution in [1.82, 2.24) is 10.2 Å². The maximum atomic E-state index is 12.6. The SMILES string of the molecule is CC(C)(C)OC(=O)N[C@H]1CCC(C)(C)N(C(=O)OCc2ccccc2)C1. The molecule has 0 unspecified atom stereocenters. The molecule has 6 nitrogen and oxygen atoms in total. The van der Waals surface area contributed by atoms with Gasteiger partial charge in [-0.25, -0.2) is 9.59 Å².